The summed E-state index contributed by atoms with van der Waals surface area (Å²) < 4.78 is 22.1. The van der Waals surface area contributed by atoms with Crippen molar-refractivity contribution < 1.29 is 69.4 Å². The second kappa shape index (κ2) is 11.3. The van der Waals surface area contributed by atoms with Gasteiger partial charge in [0.2, 0.25) is 6.29 Å². The van der Waals surface area contributed by atoms with Crippen molar-refractivity contribution in [3.63, 3.8) is 0 Å². The Bertz CT molecular complexity index is 1480. The molecule has 2 aliphatic rings. The number of carbonyl (C=O) groups excluding carboxylic acids is 2. The molecule has 1 fully saturated rings. The molecule has 42 heavy (non-hydrogen) atoms. The highest BCUT2D eigenvalue weighted by Gasteiger charge is 2.46. The van der Waals surface area contributed by atoms with Crippen molar-refractivity contribution in [1.29, 1.82) is 0 Å². The number of aliphatic hydroxyl groups is 3. The van der Waals surface area contributed by atoms with E-state index in [2.05, 4.69) is 0 Å². The number of rotatable bonds is 6. The number of fused-ring (bicyclic) bond motifs is 1. The molecule has 8 N–H and O–H groups in total. The number of phenolic OH excluding ortho intramolecular Hbond substituents is 5. The lowest BCUT2D eigenvalue weighted by Crippen LogP contribution is -2.60. The van der Waals surface area contributed by atoms with E-state index < -0.39 is 78.2 Å². The highest BCUT2D eigenvalue weighted by molar-refractivity contribution is 6.02. The van der Waals surface area contributed by atoms with Crippen LogP contribution >= 0.6 is 0 Å². The maximum absolute atomic E-state index is 12.8. The smallest absolute Gasteiger partial charge is 0.338 e. The van der Waals surface area contributed by atoms with Crippen LogP contribution in [0, 0.1) is 0 Å². The first-order valence-corrected chi connectivity index (χ1v) is 12.6. The number of hydrogen-bond donors (Lipinski definition) is 8. The van der Waals surface area contributed by atoms with Gasteiger partial charge in [0.05, 0.1) is 12.0 Å². The van der Waals surface area contributed by atoms with E-state index >= 15 is 0 Å². The molecule has 0 amide bonds. The van der Waals surface area contributed by atoms with Gasteiger partial charge in [-0.3, -0.25) is 4.79 Å². The maximum Gasteiger partial charge on any atom is 0.338 e. The number of esters is 1. The van der Waals surface area contributed by atoms with E-state index in [1.807, 2.05) is 0 Å². The molecule has 0 saturated carbocycles. The van der Waals surface area contributed by atoms with E-state index in [4.69, 9.17) is 18.9 Å². The van der Waals surface area contributed by atoms with Gasteiger partial charge in [-0.1, -0.05) is 12.1 Å². The molecule has 222 valence electrons. The molecule has 14 heteroatoms. The molecule has 5 rings (SSSR count). The van der Waals surface area contributed by atoms with Crippen LogP contribution < -0.4 is 9.47 Å². The summed E-state index contributed by atoms with van der Waals surface area (Å²) >= 11 is 0. The molecule has 3 aromatic rings. The van der Waals surface area contributed by atoms with Gasteiger partial charge in [0, 0.05) is 12.1 Å². The number of carbonyl (C=O) groups is 2. The molecule has 2 heterocycles. The van der Waals surface area contributed by atoms with E-state index in [1.165, 1.54) is 18.2 Å². The normalized spacial score (nSPS) is 25.3. The topological polar surface area (TPSA) is 233 Å². The summed E-state index contributed by atoms with van der Waals surface area (Å²) in [5.41, 5.74) is 0.163. The zero-order valence-electron chi connectivity index (χ0n) is 21.5. The quantitative estimate of drug-likeness (QED) is 0.149. The zero-order chi connectivity index (χ0) is 30.3. The first-order chi connectivity index (χ1) is 19.9. The summed E-state index contributed by atoms with van der Waals surface area (Å²) in [6.45, 7) is -0.673. The fraction of sp³-hybridized carbons (Fsp3) is 0.286. The molecular weight excluding hydrogens is 560 g/mol. The minimum Gasteiger partial charge on any atom is -0.508 e. The van der Waals surface area contributed by atoms with Crippen molar-refractivity contribution in [3.8, 4) is 40.2 Å². The van der Waals surface area contributed by atoms with Gasteiger partial charge in [0.25, 0.3) is 0 Å². The van der Waals surface area contributed by atoms with E-state index in [-0.39, 0.29) is 34.8 Å². The Morgan fingerprint density at radius 2 is 1.52 bits per heavy atom. The summed E-state index contributed by atoms with van der Waals surface area (Å²) in [5, 5.41) is 80.0. The van der Waals surface area contributed by atoms with Gasteiger partial charge in [-0.05, 0) is 29.8 Å². The van der Waals surface area contributed by atoms with Gasteiger partial charge < -0.3 is 59.8 Å². The van der Waals surface area contributed by atoms with E-state index in [0.29, 0.717) is 5.56 Å². The van der Waals surface area contributed by atoms with Crippen LogP contribution in [0.3, 0.4) is 0 Å². The number of aliphatic hydroxyl groups excluding tert-OH is 3. The lowest BCUT2D eigenvalue weighted by atomic mass is 9.95. The number of hydrogen-bond acceptors (Lipinski definition) is 14. The van der Waals surface area contributed by atoms with Crippen LogP contribution in [-0.2, 0) is 9.47 Å². The van der Waals surface area contributed by atoms with E-state index in [0.717, 1.165) is 18.2 Å². The van der Waals surface area contributed by atoms with E-state index in [1.54, 1.807) is 12.1 Å². The molecule has 6 unspecified atom stereocenters. The molecule has 0 bridgehead atoms. The standard InChI is InChI=1S/C28H26O14/c29-13-3-1-11(2-4-13)19-9-16(31)22-15(30)7-14(8-20(22)41-19)40-28-26(37)25(36)24(35)21(42-28)10-39-27(38)12-5-17(32)23(34)18(33)6-12/h1-8,19,21,24-26,28-30,32-37H,9-10H2. The van der Waals surface area contributed by atoms with Crippen molar-refractivity contribution in [2.45, 2.75) is 43.2 Å². The van der Waals surface area contributed by atoms with Gasteiger partial charge in [-0.15, -0.1) is 0 Å². The monoisotopic (exact) mass is 586 g/mol. The molecule has 2 aliphatic heterocycles. The number of benzene rings is 3. The Hall–Kier alpha value is -4.76. The van der Waals surface area contributed by atoms with Gasteiger partial charge in [0.15, 0.2) is 23.0 Å². The Balaban J connectivity index is 1.31. The molecule has 1 saturated heterocycles. The van der Waals surface area contributed by atoms with Crippen molar-refractivity contribution in [2.75, 3.05) is 6.61 Å². The number of ketones is 1. The maximum atomic E-state index is 12.8. The summed E-state index contributed by atoms with van der Waals surface area (Å²) in [4.78, 5) is 25.2. The van der Waals surface area contributed by atoms with Crippen LogP contribution in [0.1, 0.15) is 38.8 Å². The Kier molecular flexibility index (Phi) is 7.71. The van der Waals surface area contributed by atoms with Gasteiger partial charge in [-0.2, -0.15) is 0 Å². The predicted octanol–water partition coefficient (Wildman–Crippen LogP) is 0.964. The molecule has 3 aromatic carbocycles. The second-order valence-corrected chi connectivity index (χ2v) is 9.73. The largest absolute Gasteiger partial charge is 0.508 e. The third-order valence-electron chi connectivity index (χ3n) is 6.84. The molecule has 0 radical (unpaired) electrons. The first-order valence-electron chi connectivity index (χ1n) is 12.6. The lowest BCUT2D eigenvalue weighted by molar-refractivity contribution is -0.277. The number of aromatic hydroxyl groups is 5. The van der Waals surface area contributed by atoms with Crippen molar-refractivity contribution in [3.05, 3.63) is 65.2 Å². The zero-order valence-corrected chi connectivity index (χ0v) is 21.5. The highest BCUT2D eigenvalue weighted by Crippen LogP contribution is 2.43. The number of Topliss-reactive ketones (excluding diaryl/α,β-unsaturated/α-hetero) is 1. The van der Waals surface area contributed by atoms with Crippen LogP contribution in [0.25, 0.3) is 0 Å². The second-order valence-electron chi connectivity index (χ2n) is 9.73. The summed E-state index contributed by atoms with van der Waals surface area (Å²) in [7, 11) is 0. The molecule has 0 aromatic heterocycles. The van der Waals surface area contributed by atoms with Crippen LogP contribution in [0.4, 0.5) is 0 Å². The van der Waals surface area contributed by atoms with Crippen LogP contribution in [0.15, 0.2) is 48.5 Å². The third kappa shape index (κ3) is 5.56. The van der Waals surface area contributed by atoms with Crippen LogP contribution in [-0.4, -0.2) is 89.9 Å². The van der Waals surface area contributed by atoms with Gasteiger partial charge >= 0.3 is 5.97 Å². The summed E-state index contributed by atoms with van der Waals surface area (Å²) in [6, 6.07) is 10.0. The van der Waals surface area contributed by atoms with E-state index in [9.17, 15) is 50.4 Å². The summed E-state index contributed by atoms with van der Waals surface area (Å²) in [6.07, 6.45) is -9.26. The highest BCUT2D eigenvalue weighted by atomic mass is 16.7. The van der Waals surface area contributed by atoms with Crippen molar-refractivity contribution in [1.82, 2.24) is 0 Å². The van der Waals surface area contributed by atoms with Crippen LogP contribution in [0.5, 0.6) is 40.2 Å². The summed E-state index contributed by atoms with van der Waals surface area (Å²) in [5.74, 6) is -4.52. The molecule has 0 spiro atoms. The van der Waals surface area contributed by atoms with Crippen LogP contribution in [0.2, 0.25) is 0 Å². The fourth-order valence-electron chi connectivity index (χ4n) is 4.61. The average Bonchev–Trinajstić information content (AvgIpc) is 2.95. The number of ether oxygens (including phenoxy) is 4. The minimum absolute atomic E-state index is 0.0278. The van der Waals surface area contributed by atoms with Gasteiger partial charge in [-0.25, -0.2) is 4.79 Å². The van der Waals surface area contributed by atoms with Gasteiger partial charge in [0.1, 0.15) is 65.7 Å². The first kappa shape index (κ1) is 28.8. The Labute approximate surface area is 236 Å². The average molecular weight is 587 g/mol. The Morgan fingerprint density at radius 3 is 2.19 bits per heavy atom. The predicted molar refractivity (Wildman–Crippen MR) is 138 cm³/mol. The fourth-order valence-corrected chi connectivity index (χ4v) is 4.61. The molecule has 0 aliphatic carbocycles. The molecule has 14 nitrogen and oxygen atoms in total. The lowest BCUT2D eigenvalue weighted by Gasteiger charge is -2.40. The number of phenols is 5. The Morgan fingerprint density at radius 1 is 0.857 bits per heavy atom. The SMILES string of the molecule is O=C(OCC1OC(Oc2cc(O)c3c(c2)OC(c2ccc(O)cc2)CC3=O)C(O)C(O)C1O)c1cc(O)c(O)c(O)c1. The van der Waals surface area contributed by atoms with Crippen molar-refractivity contribution >= 4 is 11.8 Å². The molecular formula is C28H26O14. The van der Waals surface area contributed by atoms with Crippen molar-refractivity contribution in [2.24, 2.45) is 0 Å². The molecule has 6 atom stereocenters. The minimum atomic E-state index is -1.82. The third-order valence-corrected chi connectivity index (χ3v) is 6.84.